The van der Waals surface area contributed by atoms with E-state index in [9.17, 15) is 30.0 Å². The number of carbonyl (C=O) groups is 2. The van der Waals surface area contributed by atoms with Gasteiger partial charge in [-0.15, -0.1) is 0 Å². The van der Waals surface area contributed by atoms with E-state index < -0.39 is 36.5 Å². The number of piperazine rings is 1. The first-order valence-corrected chi connectivity index (χ1v) is 41.5. The minimum Gasteiger partial charge on any atom is -0.392 e. The summed E-state index contributed by atoms with van der Waals surface area (Å²) in [6.45, 7) is 12.7. The zero-order valence-electron chi connectivity index (χ0n) is 62.8. The van der Waals surface area contributed by atoms with Crippen molar-refractivity contribution in [2.24, 2.45) is 0 Å². The lowest BCUT2D eigenvalue weighted by Crippen LogP contribution is -2.61. The van der Waals surface area contributed by atoms with Crippen LogP contribution in [0.4, 0.5) is 0 Å². The molecular formula is C84H160N4O6. The lowest BCUT2D eigenvalue weighted by atomic mass is 10.0. The van der Waals surface area contributed by atoms with Gasteiger partial charge in [0.2, 0.25) is 11.8 Å². The van der Waals surface area contributed by atoms with Crippen LogP contribution in [0.25, 0.3) is 0 Å². The Hall–Kier alpha value is -2.34. The van der Waals surface area contributed by atoms with E-state index >= 15 is 0 Å². The molecule has 552 valence electrons. The van der Waals surface area contributed by atoms with Crippen LogP contribution >= 0.6 is 0 Å². The fraction of sp³-hybridized carbons (Fsp3) is 0.881. The molecule has 10 nitrogen and oxygen atoms in total. The van der Waals surface area contributed by atoms with Crippen LogP contribution in [-0.4, -0.2) is 118 Å². The third-order valence-corrected chi connectivity index (χ3v) is 19.8. The molecule has 0 bridgehead atoms. The second-order valence-corrected chi connectivity index (χ2v) is 29.3. The van der Waals surface area contributed by atoms with Crippen LogP contribution in [0.2, 0.25) is 0 Å². The summed E-state index contributed by atoms with van der Waals surface area (Å²) in [4.78, 5) is 31.5. The van der Waals surface area contributed by atoms with Gasteiger partial charge in [-0.05, 0) is 180 Å². The van der Waals surface area contributed by atoms with Gasteiger partial charge in [0.05, 0.1) is 24.4 Å². The van der Waals surface area contributed by atoms with E-state index in [-0.39, 0.29) is 11.8 Å². The molecule has 0 aromatic rings. The predicted octanol–water partition coefficient (Wildman–Crippen LogP) is 21.9. The molecule has 1 aliphatic heterocycles. The average Bonchev–Trinajstić information content (AvgIpc) is 0.942. The molecule has 0 aromatic heterocycles. The molecule has 0 saturated carbocycles. The molecule has 2 amide bonds. The van der Waals surface area contributed by atoms with Crippen molar-refractivity contribution in [2.45, 2.75) is 437 Å². The smallest absolute Gasteiger partial charge is 0.243 e. The van der Waals surface area contributed by atoms with Gasteiger partial charge in [0.1, 0.15) is 12.1 Å². The predicted molar refractivity (Wildman–Crippen MR) is 408 cm³/mol. The van der Waals surface area contributed by atoms with Gasteiger partial charge in [-0.3, -0.25) is 19.4 Å². The topological polar surface area (TPSA) is 146 Å². The van der Waals surface area contributed by atoms with E-state index in [1.165, 1.54) is 231 Å². The first kappa shape index (κ1) is 89.7. The van der Waals surface area contributed by atoms with Gasteiger partial charge in [0, 0.05) is 26.2 Å². The van der Waals surface area contributed by atoms with Crippen LogP contribution in [-0.2, 0) is 9.59 Å². The van der Waals surface area contributed by atoms with E-state index in [0.29, 0.717) is 39.0 Å². The molecule has 6 atom stereocenters. The number of hydrogen-bond donors (Lipinski definition) is 6. The number of rotatable bonds is 74. The van der Waals surface area contributed by atoms with Crippen molar-refractivity contribution >= 4 is 11.8 Å². The lowest BCUT2D eigenvalue weighted by Gasteiger charge is -2.31. The van der Waals surface area contributed by atoms with Gasteiger partial charge in [0.15, 0.2) is 0 Å². The van der Waals surface area contributed by atoms with Crippen molar-refractivity contribution in [1.29, 1.82) is 0 Å². The number of aliphatic hydroxyl groups is 4. The fourth-order valence-electron chi connectivity index (χ4n) is 13.6. The second kappa shape index (κ2) is 70.5. The Labute approximate surface area is 583 Å². The molecule has 1 aliphatic rings. The minimum atomic E-state index is -0.563. The zero-order chi connectivity index (χ0) is 68.1. The highest BCUT2D eigenvalue weighted by Crippen LogP contribution is 2.19. The molecule has 6 N–H and O–H groups in total. The lowest BCUT2D eigenvalue weighted by molar-refractivity contribution is -0.137. The van der Waals surface area contributed by atoms with Crippen LogP contribution in [0.5, 0.6) is 0 Å². The van der Waals surface area contributed by atoms with E-state index in [0.717, 1.165) is 142 Å². The van der Waals surface area contributed by atoms with Gasteiger partial charge in [-0.25, -0.2) is 0 Å². The van der Waals surface area contributed by atoms with Crippen molar-refractivity contribution in [3.8, 4) is 0 Å². The third kappa shape index (κ3) is 60.8. The number of unbranched alkanes of at least 4 members (excludes halogenated alkanes) is 42. The Morgan fingerprint density at radius 2 is 0.468 bits per heavy atom. The van der Waals surface area contributed by atoms with Crippen molar-refractivity contribution < 1.29 is 30.0 Å². The largest absolute Gasteiger partial charge is 0.392 e. The summed E-state index contributed by atoms with van der Waals surface area (Å²) >= 11 is 0. The normalized spacial score (nSPS) is 16.1. The molecule has 0 aromatic carbocycles. The maximum atomic E-state index is 13.5. The molecule has 1 saturated heterocycles. The van der Waals surface area contributed by atoms with Crippen LogP contribution in [0.15, 0.2) is 48.6 Å². The van der Waals surface area contributed by atoms with Crippen molar-refractivity contribution in [3.05, 3.63) is 48.6 Å². The summed E-state index contributed by atoms with van der Waals surface area (Å²) in [6.07, 6.45) is 84.2. The van der Waals surface area contributed by atoms with E-state index in [2.05, 4.69) is 96.7 Å². The molecule has 1 rings (SSSR count). The van der Waals surface area contributed by atoms with E-state index in [1.807, 2.05) is 0 Å². The first-order chi connectivity index (χ1) is 46.1. The Morgan fingerprint density at radius 3 is 0.681 bits per heavy atom. The highest BCUT2D eigenvalue weighted by molar-refractivity contribution is 5.96. The summed E-state index contributed by atoms with van der Waals surface area (Å²) in [5.41, 5.74) is 0. The van der Waals surface area contributed by atoms with Gasteiger partial charge >= 0.3 is 0 Å². The van der Waals surface area contributed by atoms with Gasteiger partial charge < -0.3 is 31.1 Å². The molecule has 94 heavy (non-hydrogen) atoms. The summed E-state index contributed by atoms with van der Waals surface area (Å²) < 4.78 is 0. The highest BCUT2D eigenvalue weighted by atomic mass is 16.3. The molecule has 1 fully saturated rings. The third-order valence-electron chi connectivity index (χ3n) is 19.8. The second-order valence-electron chi connectivity index (χ2n) is 29.3. The first-order valence-electron chi connectivity index (χ1n) is 41.5. The summed E-state index contributed by atoms with van der Waals surface area (Å²) in [6, 6.07) is -1.13. The van der Waals surface area contributed by atoms with Gasteiger partial charge in [-0.2, -0.15) is 0 Å². The SMILES string of the molecule is CCCCCCCC/C=C\CCCCCCC(O)CN(CCCCC1NC(=O)C(CCCCN(CC(O)CCCCCC/C=C\CCCCCCCC)CC(O)CCCCCC/C=C\CCCCCCCC)NC1=O)CC(O)CCCCCC/C=C\CCCCCCCC. The maximum absolute atomic E-state index is 13.5. The molecule has 0 spiro atoms. The van der Waals surface area contributed by atoms with Crippen molar-refractivity contribution in [1.82, 2.24) is 20.4 Å². The standard InChI is InChI=1S/C84H160N4O6/c1-5-9-13-17-21-25-29-33-37-41-45-49-53-57-65-77(89)73-87(74-78(90)66-58-54-50-46-42-38-34-30-26-22-18-14-10-6-2)71-63-61-69-81-83(93)86-82(84(94)85-81)70-62-64-72-88(75-79(91)67-59-55-51-47-43-39-35-31-27-23-19-15-11-7-3)76-80(92)68-60-56-52-48-44-40-36-32-28-24-20-16-12-8-4/h33-40,77-82,89-92H,5-32,41-76H2,1-4H3,(H,85,94)(H,86,93)/b37-33-,38-34-,39-35-,40-36-. The van der Waals surface area contributed by atoms with Crippen molar-refractivity contribution in [3.63, 3.8) is 0 Å². The summed E-state index contributed by atoms with van der Waals surface area (Å²) in [5, 5.41) is 51.2. The van der Waals surface area contributed by atoms with Crippen molar-refractivity contribution in [2.75, 3.05) is 39.3 Å². The number of nitrogens with zero attached hydrogens (tertiary/aromatic N) is 2. The number of amides is 2. The monoisotopic (exact) mass is 1320 g/mol. The average molecular weight is 1320 g/mol. The van der Waals surface area contributed by atoms with Crippen LogP contribution < -0.4 is 10.6 Å². The quantitative estimate of drug-likeness (QED) is 0.0261. The Morgan fingerprint density at radius 1 is 0.277 bits per heavy atom. The number of carbonyl (C=O) groups excluding carboxylic acids is 2. The number of aliphatic hydroxyl groups excluding tert-OH is 4. The molecule has 6 unspecified atom stereocenters. The maximum Gasteiger partial charge on any atom is 0.243 e. The Balaban J connectivity index is 2.67. The van der Waals surface area contributed by atoms with Gasteiger partial charge in [0.25, 0.3) is 0 Å². The number of hydrogen-bond acceptors (Lipinski definition) is 8. The van der Waals surface area contributed by atoms with Crippen LogP contribution in [0.3, 0.4) is 0 Å². The Bertz CT molecular complexity index is 1510. The fourth-order valence-corrected chi connectivity index (χ4v) is 13.6. The molecular weight excluding hydrogens is 1160 g/mol. The minimum absolute atomic E-state index is 0.117. The van der Waals surface area contributed by atoms with Crippen LogP contribution in [0.1, 0.15) is 400 Å². The number of allylic oxidation sites excluding steroid dienone is 8. The summed E-state index contributed by atoms with van der Waals surface area (Å²) in [7, 11) is 0. The molecule has 10 heteroatoms. The molecule has 1 heterocycles. The summed E-state index contributed by atoms with van der Waals surface area (Å²) in [5.74, 6) is -0.234. The molecule has 0 radical (unpaired) electrons. The van der Waals surface area contributed by atoms with E-state index in [4.69, 9.17) is 0 Å². The number of nitrogens with one attached hydrogen (secondary N) is 2. The highest BCUT2D eigenvalue weighted by Gasteiger charge is 2.33. The zero-order valence-corrected chi connectivity index (χ0v) is 62.8. The van der Waals surface area contributed by atoms with Gasteiger partial charge in [-0.1, -0.05) is 282 Å². The van der Waals surface area contributed by atoms with Crippen LogP contribution in [0, 0.1) is 0 Å². The molecule has 0 aliphatic carbocycles. The van der Waals surface area contributed by atoms with E-state index in [1.54, 1.807) is 0 Å². The Kier molecular flexibility index (Phi) is 67.3.